The highest BCUT2D eigenvalue weighted by molar-refractivity contribution is 7.97. The second-order valence-electron chi connectivity index (χ2n) is 3.99. The van der Waals surface area contributed by atoms with Gasteiger partial charge in [0.1, 0.15) is 4.21 Å². The highest BCUT2D eigenvalue weighted by Crippen LogP contribution is 2.28. The summed E-state index contributed by atoms with van der Waals surface area (Å²) in [6.07, 6.45) is 0. The molecule has 2 atom stereocenters. The molecule has 8 heteroatoms. The molecule has 2 heterocycles. The molecule has 1 N–H and O–H groups in total. The largest absolute Gasteiger partial charge is 0.315 e. The fourth-order valence-corrected chi connectivity index (χ4v) is 7.99. The van der Waals surface area contributed by atoms with Crippen molar-refractivity contribution < 1.29 is 16.8 Å². The van der Waals surface area contributed by atoms with Gasteiger partial charge in [0.25, 0.3) is 0 Å². The van der Waals surface area contributed by atoms with E-state index in [1.807, 2.05) is 0 Å². The average Bonchev–Trinajstić information content (AvgIpc) is 2.84. The molecule has 0 unspecified atom stereocenters. The molecular formula is C9H13NO4S3. The van der Waals surface area contributed by atoms with E-state index in [-0.39, 0.29) is 15.7 Å². The van der Waals surface area contributed by atoms with Crippen molar-refractivity contribution >= 4 is 31.0 Å². The molecule has 0 amide bonds. The zero-order valence-corrected chi connectivity index (χ0v) is 11.6. The van der Waals surface area contributed by atoms with E-state index in [0.29, 0.717) is 0 Å². The first kappa shape index (κ1) is 13.0. The van der Waals surface area contributed by atoms with Gasteiger partial charge in [-0.25, -0.2) is 16.8 Å². The lowest BCUT2D eigenvalue weighted by Crippen LogP contribution is -2.41. The van der Waals surface area contributed by atoms with Crippen molar-refractivity contribution in [2.24, 2.45) is 0 Å². The lowest BCUT2D eigenvalue weighted by Gasteiger charge is -2.16. The Morgan fingerprint density at radius 2 is 2.12 bits per heavy atom. The van der Waals surface area contributed by atoms with E-state index in [0.717, 1.165) is 11.3 Å². The molecule has 1 fully saturated rings. The molecule has 0 spiro atoms. The third-order valence-corrected chi connectivity index (χ3v) is 8.43. The zero-order chi connectivity index (χ0) is 12.7. The van der Waals surface area contributed by atoms with Crippen molar-refractivity contribution in [3.05, 3.63) is 17.5 Å². The standard InChI is InChI=1S/C9H13NO4S3/c1-10-7-5-16(11,12)6-8(7)17(13,14)9-3-2-4-15-9/h2-4,7-8,10H,5-6H2,1H3/t7-,8-/m0/s1. The minimum atomic E-state index is -3.55. The maximum atomic E-state index is 12.3. The van der Waals surface area contributed by atoms with Crippen LogP contribution in [-0.2, 0) is 19.7 Å². The third-order valence-electron chi connectivity index (χ3n) is 2.85. The molecule has 0 radical (unpaired) electrons. The van der Waals surface area contributed by atoms with Gasteiger partial charge in [0.15, 0.2) is 19.7 Å². The molecule has 1 aliphatic heterocycles. The summed E-state index contributed by atoms with van der Waals surface area (Å²) in [5, 5.41) is 3.58. The third kappa shape index (κ3) is 2.40. The Labute approximate surface area is 105 Å². The summed E-state index contributed by atoms with van der Waals surface area (Å²) in [6, 6.07) is 2.64. The van der Waals surface area contributed by atoms with Crippen LogP contribution < -0.4 is 5.32 Å². The van der Waals surface area contributed by atoms with Crippen LogP contribution in [0.5, 0.6) is 0 Å². The van der Waals surface area contributed by atoms with Crippen molar-refractivity contribution in [3.8, 4) is 0 Å². The molecule has 2 rings (SSSR count). The molecule has 0 aliphatic carbocycles. The van der Waals surface area contributed by atoms with Gasteiger partial charge in [-0.2, -0.15) is 0 Å². The van der Waals surface area contributed by atoms with Gasteiger partial charge >= 0.3 is 0 Å². The second-order valence-corrected chi connectivity index (χ2v) is 9.48. The van der Waals surface area contributed by atoms with Crippen molar-refractivity contribution in [1.29, 1.82) is 0 Å². The van der Waals surface area contributed by atoms with Gasteiger partial charge in [-0.3, -0.25) is 0 Å². The molecule has 1 aliphatic rings. The van der Waals surface area contributed by atoms with E-state index in [1.54, 1.807) is 18.5 Å². The first-order chi connectivity index (χ1) is 7.87. The number of thiophene rings is 1. The molecule has 0 saturated carbocycles. The summed E-state index contributed by atoms with van der Waals surface area (Å²) in [5.41, 5.74) is 0. The van der Waals surface area contributed by atoms with Crippen LogP contribution >= 0.6 is 11.3 Å². The predicted octanol–water partition coefficient (Wildman–Crippen LogP) is -0.0932. The number of rotatable bonds is 3. The van der Waals surface area contributed by atoms with Crippen molar-refractivity contribution in [3.63, 3.8) is 0 Å². The van der Waals surface area contributed by atoms with Crippen LogP contribution in [0.15, 0.2) is 21.7 Å². The highest BCUT2D eigenvalue weighted by Gasteiger charge is 2.45. The van der Waals surface area contributed by atoms with Crippen molar-refractivity contribution in [2.45, 2.75) is 15.5 Å². The number of nitrogens with one attached hydrogen (secondary N) is 1. The summed E-state index contributed by atoms with van der Waals surface area (Å²) in [4.78, 5) is 0. The van der Waals surface area contributed by atoms with Gasteiger partial charge in [-0.15, -0.1) is 11.3 Å². The van der Waals surface area contributed by atoms with Crippen LogP contribution in [0.4, 0.5) is 0 Å². The molecule has 1 aromatic rings. The maximum Gasteiger partial charge on any atom is 0.193 e. The van der Waals surface area contributed by atoms with Crippen LogP contribution in [0, 0.1) is 0 Å². The van der Waals surface area contributed by atoms with Crippen molar-refractivity contribution in [2.75, 3.05) is 18.6 Å². The first-order valence-electron chi connectivity index (χ1n) is 5.02. The minimum absolute atomic E-state index is 0.112. The number of sulfone groups is 2. The Balaban J connectivity index is 2.41. The Kier molecular flexibility index (Phi) is 3.32. The van der Waals surface area contributed by atoms with Crippen LogP contribution in [0.3, 0.4) is 0 Å². The van der Waals surface area contributed by atoms with E-state index in [9.17, 15) is 16.8 Å². The minimum Gasteiger partial charge on any atom is -0.315 e. The van der Waals surface area contributed by atoms with E-state index in [1.165, 1.54) is 6.07 Å². The molecule has 5 nitrogen and oxygen atoms in total. The quantitative estimate of drug-likeness (QED) is 0.843. The van der Waals surface area contributed by atoms with Crippen LogP contribution in [-0.4, -0.2) is 46.7 Å². The summed E-state index contributed by atoms with van der Waals surface area (Å²) in [5.74, 6) is -0.405. The normalized spacial score (nSPS) is 28.3. The van der Waals surface area contributed by atoms with Gasteiger partial charge < -0.3 is 5.32 Å². The highest BCUT2D eigenvalue weighted by atomic mass is 32.2. The molecule has 96 valence electrons. The van der Waals surface area contributed by atoms with Gasteiger partial charge in [0.2, 0.25) is 0 Å². The molecular weight excluding hydrogens is 282 g/mol. The molecule has 1 aromatic heterocycles. The Hall–Kier alpha value is -0.440. The molecule has 0 bridgehead atoms. The van der Waals surface area contributed by atoms with E-state index in [2.05, 4.69) is 5.32 Å². The fraction of sp³-hybridized carbons (Fsp3) is 0.556. The van der Waals surface area contributed by atoms with Crippen LogP contribution in [0.2, 0.25) is 0 Å². The summed E-state index contributed by atoms with van der Waals surface area (Å²) >= 11 is 1.12. The number of hydrogen-bond donors (Lipinski definition) is 1. The van der Waals surface area contributed by atoms with E-state index in [4.69, 9.17) is 0 Å². The zero-order valence-electron chi connectivity index (χ0n) is 9.16. The summed E-state index contributed by atoms with van der Waals surface area (Å²) in [6.45, 7) is 0. The Morgan fingerprint density at radius 1 is 1.41 bits per heavy atom. The molecule has 17 heavy (non-hydrogen) atoms. The van der Waals surface area contributed by atoms with Gasteiger partial charge in [-0.05, 0) is 18.5 Å². The SMILES string of the molecule is CN[C@H]1CS(=O)(=O)C[C@@H]1S(=O)(=O)c1cccs1. The van der Waals surface area contributed by atoms with E-state index >= 15 is 0 Å². The lowest BCUT2D eigenvalue weighted by molar-refractivity contribution is 0.555. The Morgan fingerprint density at radius 3 is 2.65 bits per heavy atom. The fourth-order valence-electron chi connectivity index (χ4n) is 1.97. The lowest BCUT2D eigenvalue weighted by atomic mass is 10.3. The van der Waals surface area contributed by atoms with Gasteiger partial charge in [-0.1, -0.05) is 6.07 Å². The predicted molar refractivity (Wildman–Crippen MR) is 66.8 cm³/mol. The average molecular weight is 295 g/mol. The van der Waals surface area contributed by atoms with Crippen LogP contribution in [0.25, 0.3) is 0 Å². The smallest absolute Gasteiger partial charge is 0.193 e. The molecule has 1 saturated heterocycles. The van der Waals surface area contributed by atoms with Crippen LogP contribution in [0.1, 0.15) is 0 Å². The molecule has 0 aromatic carbocycles. The van der Waals surface area contributed by atoms with Gasteiger partial charge in [0.05, 0.1) is 16.8 Å². The van der Waals surface area contributed by atoms with Crippen molar-refractivity contribution in [1.82, 2.24) is 5.32 Å². The van der Waals surface area contributed by atoms with E-state index < -0.39 is 31.0 Å². The topological polar surface area (TPSA) is 80.3 Å². The number of hydrogen-bond acceptors (Lipinski definition) is 6. The second kappa shape index (κ2) is 4.34. The first-order valence-corrected chi connectivity index (χ1v) is 9.26. The summed E-state index contributed by atoms with van der Waals surface area (Å²) in [7, 11) is -5.23. The van der Waals surface area contributed by atoms with Gasteiger partial charge in [0, 0.05) is 6.04 Å². The maximum absolute atomic E-state index is 12.3. The summed E-state index contributed by atoms with van der Waals surface area (Å²) < 4.78 is 47.8. The Bertz CT molecular complexity index is 588. The monoisotopic (exact) mass is 295 g/mol.